The molecule has 4 atom stereocenters. The number of rotatable bonds is 7. The van der Waals surface area contributed by atoms with E-state index in [1.165, 1.54) is 24.0 Å². The molecule has 6 N–H and O–H groups in total. The Balaban J connectivity index is 1.03. The molecule has 0 amide bonds. The number of phenolic OH excluding ortho intramolecular Hbond substituents is 1. The number of piperidine rings is 1. The lowest BCUT2D eigenvalue weighted by Gasteiger charge is -2.62. The van der Waals surface area contributed by atoms with Crippen LogP contribution in [0.3, 0.4) is 0 Å². The zero-order chi connectivity index (χ0) is 30.5. The predicted molar refractivity (Wildman–Crippen MR) is 175 cm³/mol. The molecule has 1 aromatic heterocycles. The van der Waals surface area contributed by atoms with Gasteiger partial charge in [-0.3, -0.25) is 4.90 Å². The zero-order valence-electron chi connectivity index (χ0n) is 25.2. The highest BCUT2D eigenvalue weighted by Crippen LogP contribution is 2.69. The Labute approximate surface area is 267 Å². The van der Waals surface area contributed by atoms with Crippen LogP contribution in [-0.2, 0) is 31.2 Å². The molecule has 3 aromatic carbocycles. The van der Waals surface area contributed by atoms with Crippen molar-refractivity contribution >= 4 is 28.5 Å². The Morgan fingerprint density at radius 3 is 2.78 bits per heavy atom. The van der Waals surface area contributed by atoms with Gasteiger partial charge in [0.2, 0.25) is 0 Å². The van der Waals surface area contributed by atoms with Crippen molar-refractivity contribution in [2.45, 2.75) is 68.2 Å². The van der Waals surface area contributed by atoms with Crippen LogP contribution >= 0.6 is 11.6 Å². The van der Waals surface area contributed by atoms with Gasteiger partial charge in [0.15, 0.2) is 23.6 Å². The molecule has 3 heterocycles. The lowest BCUT2D eigenvalue weighted by molar-refractivity contribution is -0.173. The molecule has 5 aliphatic rings. The van der Waals surface area contributed by atoms with Crippen molar-refractivity contribution < 1.29 is 14.9 Å². The van der Waals surface area contributed by atoms with Crippen LogP contribution in [0.4, 0.5) is 0 Å². The van der Waals surface area contributed by atoms with Crippen molar-refractivity contribution in [1.82, 2.24) is 15.2 Å². The predicted octanol–water partition coefficient (Wildman–Crippen LogP) is 4.87. The lowest BCUT2D eigenvalue weighted by Crippen LogP contribution is -2.74. The number of nitrogens with two attached hydrogens (primary N) is 1. The van der Waals surface area contributed by atoms with E-state index in [1.807, 2.05) is 24.3 Å². The fourth-order valence-corrected chi connectivity index (χ4v) is 9.11. The summed E-state index contributed by atoms with van der Waals surface area (Å²) in [6.07, 6.45) is 5.14. The van der Waals surface area contributed by atoms with Gasteiger partial charge in [0.1, 0.15) is 0 Å². The van der Waals surface area contributed by atoms with Crippen LogP contribution in [0.2, 0.25) is 5.02 Å². The van der Waals surface area contributed by atoms with Gasteiger partial charge < -0.3 is 31.0 Å². The first-order chi connectivity index (χ1) is 21.8. The maximum Gasteiger partial charge on any atom is 0.188 e. The van der Waals surface area contributed by atoms with E-state index in [2.05, 4.69) is 44.5 Å². The van der Waals surface area contributed by atoms with Crippen molar-refractivity contribution in [2.75, 3.05) is 19.6 Å². The van der Waals surface area contributed by atoms with Gasteiger partial charge in [-0.05, 0) is 97.2 Å². The highest BCUT2D eigenvalue weighted by Gasteiger charge is 2.72. The largest absolute Gasteiger partial charge is 0.504 e. The number of nitrogens with zero attached hydrogens (tertiary/aromatic N) is 2. The van der Waals surface area contributed by atoms with Crippen LogP contribution in [0.5, 0.6) is 11.5 Å². The molecule has 1 saturated heterocycles. The van der Waals surface area contributed by atoms with Crippen LogP contribution in [0, 0.1) is 5.92 Å². The number of benzene rings is 3. The van der Waals surface area contributed by atoms with E-state index in [4.69, 9.17) is 22.1 Å². The molecule has 0 radical (unpaired) electrons. The third kappa shape index (κ3) is 4.08. The number of phenols is 1. The van der Waals surface area contributed by atoms with Crippen molar-refractivity contribution in [1.29, 1.82) is 0 Å². The van der Waals surface area contributed by atoms with E-state index in [-0.39, 0.29) is 17.9 Å². The molecule has 2 aliphatic heterocycles. The smallest absolute Gasteiger partial charge is 0.188 e. The number of halogens is 1. The molecular formula is C36H38ClN5O3. The van der Waals surface area contributed by atoms with Crippen molar-refractivity contribution in [3.63, 3.8) is 0 Å². The van der Waals surface area contributed by atoms with Crippen molar-refractivity contribution in [3.8, 4) is 11.5 Å². The number of guanidine groups is 1. The number of aromatic nitrogens is 1. The van der Waals surface area contributed by atoms with Crippen LogP contribution in [-0.4, -0.2) is 57.3 Å². The first kappa shape index (κ1) is 27.6. The number of aliphatic imine (C=N–C) groups is 1. The number of hydrogen-bond donors (Lipinski definition) is 5. The molecule has 3 aliphatic carbocycles. The van der Waals surface area contributed by atoms with E-state index < -0.39 is 11.0 Å². The maximum atomic E-state index is 13.1. The number of likely N-dealkylation sites (tertiary alicyclic amines) is 1. The molecule has 2 bridgehead atoms. The number of aliphatic hydroxyl groups is 1. The fourth-order valence-electron chi connectivity index (χ4n) is 8.98. The van der Waals surface area contributed by atoms with E-state index in [1.54, 1.807) is 6.07 Å². The monoisotopic (exact) mass is 623 g/mol. The molecule has 8 nitrogen and oxygen atoms in total. The molecule has 4 aromatic rings. The summed E-state index contributed by atoms with van der Waals surface area (Å²) in [5.74, 6) is 1.90. The normalized spacial score (nSPS) is 28.1. The topological polar surface area (TPSA) is 119 Å². The molecule has 1 unspecified atom stereocenters. The van der Waals surface area contributed by atoms with Crippen LogP contribution in [0.1, 0.15) is 58.9 Å². The summed E-state index contributed by atoms with van der Waals surface area (Å²) in [5.41, 5.74) is 12.3. The van der Waals surface area contributed by atoms with Crippen LogP contribution in [0.15, 0.2) is 59.6 Å². The number of H-pyrrole nitrogens is 1. The summed E-state index contributed by atoms with van der Waals surface area (Å²) in [7, 11) is 0. The van der Waals surface area contributed by atoms with Crippen LogP contribution in [0.25, 0.3) is 10.9 Å². The van der Waals surface area contributed by atoms with Crippen molar-refractivity contribution in [2.24, 2.45) is 16.6 Å². The molecule has 1 spiro atoms. The van der Waals surface area contributed by atoms with E-state index in [0.717, 1.165) is 71.6 Å². The third-order valence-electron chi connectivity index (χ3n) is 11.3. The minimum absolute atomic E-state index is 0.0153. The van der Waals surface area contributed by atoms with Gasteiger partial charge in [-0.25, -0.2) is 4.99 Å². The summed E-state index contributed by atoms with van der Waals surface area (Å²) >= 11 is 5.98. The number of nitrogens with one attached hydrogen (secondary N) is 2. The first-order valence-corrected chi connectivity index (χ1v) is 16.6. The average Bonchev–Trinajstić information content (AvgIpc) is 3.68. The van der Waals surface area contributed by atoms with Gasteiger partial charge in [-0.1, -0.05) is 35.9 Å². The summed E-state index contributed by atoms with van der Waals surface area (Å²) in [6, 6.07) is 18.0. The zero-order valence-corrected chi connectivity index (χ0v) is 25.9. The van der Waals surface area contributed by atoms with Gasteiger partial charge in [0.25, 0.3) is 0 Å². The molecule has 1 saturated carbocycles. The van der Waals surface area contributed by atoms with Gasteiger partial charge in [-0.2, -0.15) is 0 Å². The van der Waals surface area contributed by atoms with Crippen molar-refractivity contribution in [3.05, 3.63) is 93.1 Å². The quantitative estimate of drug-likeness (QED) is 0.148. The number of hydrogen-bond acceptors (Lipinski definition) is 5. The minimum atomic E-state index is -0.995. The van der Waals surface area contributed by atoms with Gasteiger partial charge in [0, 0.05) is 47.0 Å². The van der Waals surface area contributed by atoms with Gasteiger partial charge in [-0.15, -0.1) is 0 Å². The average molecular weight is 624 g/mol. The Hall–Kier alpha value is -3.72. The Morgan fingerprint density at radius 1 is 1.13 bits per heavy atom. The molecule has 2 fully saturated rings. The first-order valence-electron chi connectivity index (χ1n) is 16.2. The maximum absolute atomic E-state index is 13.1. The molecule has 9 heteroatoms. The lowest BCUT2D eigenvalue weighted by atomic mass is 9.49. The number of aromatic hydroxyl groups is 1. The molecule has 232 valence electrons. The van der Waals surface area contributed by atoms with E-state index in [9.17, 15) is 10.2 Å². The second-order valence-electron chi connectivity index (χ2n) is 13.8. The fraction of sp³-hybridized carbons (Fsp3) is 0.417. The molecule has 9 rings (SSSR count). The SMILES string of the molecule is NC(=NCc1ccc(Cl)cc1)NCCc1ccc2[nH]c3c(c2c1)C[C@@]1(O)C2Cc4ccc(O)c5c4[C@@]1(CCN2CC1CC1)[C@H]3O5. The highest BCUT2D eigenvalue weighted by molar-refractivity contribution is 6.30. The third-order valence-corrected chi connectivity index (χ3v) is 11.5. The molecular weight excluding hydrogens is 586 g/mol. The number of ether oxygens (including phenoxy) is 1. The van der Waals surface area contributed by atoms with Gasteiger partial charge in [0.05, 0.1) is 23.3 Å². The standard InChI is InChI=1S/C36H38ClN5O3/c37-24-7-3-21(4-8-24)18-40-34(38)39-13-11-20-5-9-27-25(15-20)26-17-36(44)29-16-23-6-10-28(43)32-30(23)35(36,33(45-32)31(26)41-27)12-14-42(29)19-22-1-2-22/h3-10,15,22,29,33,41,43-44H,1-2,11-14,16-19H2,(H3,38,39,40)/t29?,33-,35-,36+/m0/s1. The van der Waals surface area contributed by atoms with Crippen LogP contribution < -0.4 is 15.8 Å². The van der Waals surface area contributed by atoms with E-state index in [0.29, 0.717) is 36.2 Å². The number of aromatic amines is 1. The summed E-state index contributed by atoms with van der Waals surface area (Å²) < 4.78 is 6.74. The summed E-state index contributed by atoms with van der Waals surface area (Å²) in [5, 5.41) is 29.1. The van der Waals surface area contributed by atoms with Gasteiger partial charge >= 0.3 is 0 Å². The molecule has 45 heavy (non-hydrogen) atoms. The minimum Gasteiger partial charge on any atom is -0.504 e. The highest BCUT2D eigenvalue weighted by atomic mass is 35.5. The Morgan fingerprint density at radius 2 is 1.96 bits per heavy atom. The second-order valence-corrected chi connectivity index (χ2v) is 14.3. The Bertz CT molecular complexity index is 1870. The second kappa shape index (κ2) is 9.89. The number of fused-ring (bicyclic) bond motifs is 4. The van der Waals surface area contributed by atoms with E-state index >= 15 is 0 Å². The summed E-state index contributed by atoms with van der Waals surface area (Å²) in [6.45, 7) is 3.14. The summed E-state index contributed by atoms with van der Waals surface area (Å²) in [4.78, 5) is 10.8. The Kier molecular flexibility index (Phi) is 6.06.